The fourth-order valence-electron chi connectivity index (χ4n) is 1.50. The van der Waals surface area contributed by atoms with E-state index in [1.165, 1.54) is 0 Å². The van der Waals surface area contributed by atoms with Gasteiger partial charge in [-0.1, -0.05) is 18.5 Å². The molecule has 1 heterocycles. The van der Waals surface area contributed by atoms with E-state index in [1.807, 2.05) is 6.07 Å². The first kappa shape index (κ1) is 10.5. The number of aromatic nitrogens is 1. The van der Waals surface area contributed by atoms with Crippen LogP contribution in [0.5, 0.6) is 0 Å². The van der Waals surface area contributed by atoms with Crippen LogP contribution < -0.4 is 5.73 Å². The van der Waals surface area contributed by atoms with Crippen LogP contribution in [0.4, 0.5) is 0 Å². The number of benzene rings is 1. The van der Waals surface area contributed by atoms with Crippen LogP contribution >= 0.6 is 11.6 Å². The molecule has 1 aromatic carbocycles. The molecule has 80 valence electrons. The summed E-state index contributed by atoms with van der Waals surface area (Å²) in [7, 11) is 0. The first-order valence-electron chi connectivity index (χ1n) is 4.96. The Labute approximate surface area is 93.2 Å². The van der Waals surface area contributed by atoms with E-state index in [4.69, 9.17) is 21.8 Å². The first-order valence-corrected chi connectivity index (χ1v) is 5.34. The van der Waals surface area contributed by atoms with Crippen molar-refractivity contribution in [3.05, 3.63) is 29.1 Å². The lowest BCUT2D eigenvalue weighted by Gasteiger charge is -2.02. The van der Waals surface area contributed by atoms with Gasteiger partial charge < -0.3 is 10.2 Å². The van der Waals surface area contributed by atoms with Crippen LogP contribution in [0, 0.1) is 0 Å². The fraction of sp³-hybridized carbons (Fsp3) is 0.364. The molecule has 2 aromatic rings. The zero-order chi connectivity index (χ0) is 10.8. The lowest BCUT2D eigenvalue weighted by molar-refractivity contribution is 0.473. The maximum atomic E-state index is 5.87. The van der Waals surface area contributed by atoms with E-state index in [0.717, 1.165) is 23.4 Å². The fourth-order valence-corrected chi connectivity index (χ4v) is 1.67. The molecule has 0 aliphatic heterocycles. The van der Waals surface area contributed by atoms with Crippen LogP contribution in [0.15, 0.2) is 22.6 Å². The molecule has 0 fully saturated rings. The van der Waals surface area contributed by atoms with Crippen molar-refractivity contribution in [2.45, 2.75) is 19.3 Å². The summed E-state index contributed by atoms with van der Waals surface area (Å²) < 4.78 is 5.61. The Bertz CT molecular complexity index is 467. The SMILES string of the molecule is CC(CCN)c1nc2cc(Cl)ccc2o1. The molecule has 0 saturated carbocycles. The third-order valence-corrected chi connectivity index (χ3v) is 2.62. The van der Waals surface area contributed by atoms with E-state index >= 15 is 0 Å². The van der Waals surface area contributed by atoms with Crippen LogP contribution in [-0.4, -0.2) is 11.5 Å². The number of hydrogen-bond donors (Lipinski definition) is 1. The van der Waals surface area contributed by atoms with E-state index in [9.17, 15) is 0 Å². The van der Waals surface area contributed by atoms with Gasteiger partial charge in [0.1, 0.15) is 5.52 Å². The van der Waals surface area contributed by atoms with Crippen LogP contribution in [0.3, 0.4) is 0 Å². The number of halogens is 1. The molecule has 1 aromatic heterocycles. The van der Waals surface area contributed by atoms with E-state index in [1.54, 1.807) is 12.1 Å². The summed E-state index contributed by atoms with van der Waals surface area (Å²) in [5, 5.41) is 0.675. The van der Waals surface area contributed by atoms with Crippen LogP contribution in [0.2, 0.25) is 5.02 Å². The third kappa shape index (κ3) is 2.13. The predicted molar refractivity (Wildman–Crippen MR) is 61.1 cm³/mol. The highest BCUT2D eigenvalue weighted by atomic mass is 35.5. The average Bonchev–Trinajstić information content (AvgIpc) is 2.60. The van der Waals surface area contributed by atoms with Crippen LogP contribution in [0.1, 0.15) is 25.2 Å². The van der Waals surface area contributed by atoms with Crippen molar-refractivity contribution in [3.8, 4) is 0 Å². The highest BCUT2D eigenvalue weighted by Gasteiger charge is 2.12. The van der Waals surface area contributed by atoms with Crippen molar-refractivity contribution in [1.29, 1.82) is 0 Å². The summed E-state index contributed by atoms with van der Waals surface area (Å²) in [4.78, 5) is 4.39. The highest BCUT2D eigenvalue weighted by Crippen LogP contribution is 2.25. The summed E-state index contributed by atoms with van der Waals surface area (Å²) in [6, 6.07) is 5.44. The quantitative estimate of drug-likeness (QED) is 0.872. The minimum Gasteiger partial charge on any atom is -0.440 e. The molecule has 0 aliphatic rings. The molecule has 0 saturated heterocycles. The van der Waals surface area contributed by atoms with Gasteiger partial charge in [0, 0.05) is 10.9 Å². The molecule has 0 spiro atoms. The van der Waals surface area contributed by atoms with Gasteiger partial charge in [0.2, 0.25) is 0 Å². The molecule has 1 atom stereocenters. The molecule has 2 N–H and O–H groups in total. The Balaban J connectivity index is 2.38. The number of rotatable bonds is 3. The van der Waals surface area contributed by atoms with Gasteiger partial charge in [-0.3, -0.25) is 0 Å². The minimum atomic E-state index is 0.251. The Hall–Kier alpha value is -1.06. The Kier molecular flexibility index (Phi) is 2.93. The molecule has 4 heteroatoms. The molecule has 3 nitrogen and oxygen atoms in total. The van der Waals surface area contributed by atoms with Crippen molar-refractivity contribution >= 4 is 22.7 Å². The second-order valence-electron chi connectivity index (χ2n) is 3.64. The Morgan fingerprint density at radius 2 is 2.33 bits per heavy atom. The summed E-state index contributed by atoms with van der Waals surface area (Å²) in [5.74, 6) is 0.985. The third-order valence-electron chi connectivity index (χ3n) is 2.39. The number of fused-ring (bicyclic) bond motifs is 1. The average molecular weight is 225 g/mol. The molecule has 2 rings (SSSR count). The molecule has 0 bridgehead atoms. The second-order valence-corrected chi connectivity index (χ2v) is 4.08. The number of hydrogen-bond acceptors (Lipinski definition) is 3. The zero-order valence-electron chi connectivity index (χ0n) is 8.53. The van der Waals surface area contributed by atoms with E-state index in [2.05, 4.69) is 11.9 Å². The maximum absolute atomic E-state index is 5.87. The van der Waals surface area contributed by atoms with Gasteiger partial charge in [0.05, 0.1) is 0 Å². The van der Waals surface area contributed by atoms with E-state index in [0.29, 0.717) is 11.6 Å². The van der Waals surface area contributed by atoms with Gasteiger partial charge in [0.15, 0.2) is 11.5 Å². The molecular formula is C11H13ClN2O. The Morgan fingerprint density at radius 1 is 1.53 bits per heavy atom. The lowest BCUT2D eigenvalue weighted by atomic mass is 10.1. The topological polar surface area (TPSA) is 52.0 Å². The summed E-state index contributed by atoms with van der Waals surface area (Å²) in [6.07, 6.45) is 0.876. The largest absolute Gasteiger partial charge is 0.440 e. The van der Waals surface area contributed by atoms with Crippen molar-refractivity contribution < 1.29 is 4.42 Å². The molecule has 15 heavy (non-hydrogen) atoms. The normalized spacial score (nSPS) is 13.3. The van der Waals surface area contributed by atoms with Crippen molar-refractivity contribution in [3.63, 3.8) is 0 Å². The van der Waals surface area contributed by atoms with E-state index in [-0.39, 0.29) is 5.92 Å². The molecule has 0 aliphatic carbocycles. The van der Waals surface area contributed by atoms with Crippen molar-refractivity contribution in [2.24, 2.45) is 5.73 Å². The van der Waals surface area contributed by atoms with Gasteiger partial charge in [-0.05, 0) is 31.2 Å². The van der Waals surface area contributed by atoms with Crippen LogP contribution in [0.25, 0.3) is 11.1 Å². The van der Waals surface area contributed by atoms with Gasteiger partial charge in [-0.25, -0.2) is 4.98 Å². The van der Waals surface area contributed by atoms with Crippen molar-refractivity contribution in [1.82, 2.24) is 4.98 Å². The standard InChI is InChI=1S/C11H13ClN2O/c1-7(4-5-13)11-14-9-6-8(12)2-3-10(9)15-11/h2-3,6-7H,4-5,13H2,1H3. The smallest absolute Gasteiger partial charge is 0.198 e. The molecule has 0 amide bonds. The van der Waals surface area contributed by atoms with Gasteiger partial charge in [0.25, 0.3) is 0 Å². The maximum Gasteiger partial charge on any atom is 0.198 e. The van der Waals surface area contributed by atoms with Crippen molar-refractivity contribution in [2.75, 3.05) is 6.54 Å². The highest BCUT2D eigenvalue weighted by molar-refractivity contribution is 6.31. The first-order chi connectivity index (χ1) is 7.20. The number of nitrogens with two attached hydrogens (primary N) is 1. The summed E-state index contributed by atoms with van der Waals surface area (Å²) in [6.45, 7) is 2.69. The van der Waals surface area contributed by atoms with Gasteiger partial charge in [-0.2, -0.15) is 0 Å². The molecule has 1 unspecified atom stereocenters. The molecular weight excluding hydrogens is 212 g/mol. The van der Waals surface area contributed by atoms with Crippen LogP contribution in [-0.2, 0) is 0 Å². The van der Waals surface area contributed by atoms with Gasteiger partial charge in [-0.15, -0.1) is 0 Å². The number of nitrogens with zero attached hydrogens (tertiary/aromatic N) is 1. The summed E-state index contributed by atoms with van der Waals surface area (Å²) in [5.41, 5.74) is 7.08. The summed E-state index contributed by atoms with van der Waals surface area (Å²) >= 11 is 5.87. The Morgan fingerprint density at radius 3 is 3.07 bits per heavy atom. The van der Waals surface area contributed by atoms with Gasteiger partial charge >= 0.3 is 0 Å². The van der Waals surface area contributed by atoms with E-state index < -0.39 is 0 Å². The minimum absolute atomic E-state index is 0.251. The number of oxazole rings is 1. The second kappa shape index (κ2) is 4.21. The zero-order valence-corrected chi connectivity index (χ0v) is 9.29. The monoisotopic (exact) mass is 224 g/mol. The molecule has 0 radical (unpaired) electrons. The lowest BCUT2D eigenvalue weighted by Crippen LogP contribution is -2.04. The predicted octanol–water partition coefficient (Wildman–Crippen LogP) is 2.93.